The summed E-state index contributed by atoms with van der Waals surface area (Å²) in [5.74, 6) is 0.426. The molecule has 0 unspecified atom stereocenters. The first-order valence-corrected chi connectivity index (χ1v) is 7.54. The van der Waals surface area contributed by atoms with Crippen LogP contribution in [0.1, 0.15) is 54.8 Å². The van der Waals surface area contributed by atoms with Crippen molar-refractivity contribution in [2.24, 2.45) is 5.73 Å². The molecule has 0 saturated carbocycles. The van der Waals surface area contributed by atoms with Gasteiger partial charge in [-0.1, -0.05) is 44.2 Å². The number of hydrogen-bond acceptors (Lipinski definition) is 3. The lowest BCUT2D eigenvalue weighted by Gasteiger charge is -2.22. The lowest BCUT2D eigenvalue weighted by molar-refractivity contribution is 0.628. The van der Waals surface area contributed by atoms with Crippen LogP contribution in [0.4, 0.5) is 0 Å². The third-order valence-electron chi connectivity index (χ3n) is 3.49. The number of benzene rings is 1. The maximum absolute atomic E-state index is 5.85. The summed E-state index contributed by atoms with van der Waals surface area (Å²) < 4.78 is 0. The fourth-order valence-electron chi connectivity index (χ4n) is 2.21. The van der Waals surface area contributed by atoms with E-state index < -0.39 is 0 Å². The van der Waals surface area contributed by atoms with Crippen LogP contribution in [0, 0.1) is 0 Å². The van der Waals surface area contributed by atoms with Crippen molar-refractivity contribution >= 4 is 11.3 Å². The largest absolute Gasteiger partial charge is 0.326 e. The monoisotopic (exact) mass is 274 g/mol. The molecule has 1 aromatic carbocycles. The second kappa shape index (κ2) is 5.43. The van der Waals surface area contributed by atoms with E-state index in [1.54, 1.807) is 11.3 Å². The molecule has 19 heavy (non-hydrogen) atoms. The van der Waals surface area contributed by atoms with E-state index in [-0.39, 0.29) is 5.41 Å². The van der Waals surface area contributed by atoms with Crippen LogP contribution >= 0.6 is 11.3 Å². The minimum absolute atomic E-state index is 0.0665. The van der Waals surface area contributed by atoms with Gasteiger partial charge < -0.3 is 5.73 Å². The molecule has 0 aliphatic rings. The van der Waals surface area contributed by atoms with Crippen LogP contribution in [0.25, 0.3) is 0 Å². The number of nitrogens with two attached hydrogens (primary N) is 1. The van der Waals surface area contributed by atoms with E-state index >= 15 is 0 Å². The van der Waals surface area contributed by atoms with E-state index in [4.69, 9.17) is 10.7 Å². The summed E-state index contributed by atoms with van der Waals surface area (Å²) in [6.07, 6.45) is 0. The quantitative estimate of drug-likeness (QED) is 0.913. The van der Waals surface area contributed by atoms with Crippen LogP contribution in [-0.2, 0) is 12.0 Å². The molecule has 1 aromatic heterocycles. The normalized spacial score (nSPS) is 12.1. The van der Waals surface area contributed by atoms with Crippen LogP contribution in [-0.4, -0.2) is 4.98 Å². The van der Waals surface area contributed by atoms with Crippen molar-refractivity contribution in [3.8, 4) is 0 Å². The Morgan fingerprint density at radius 2 is 1.84 bits per heavy atom. The van der Waals surface area contributed by atoms with Crippen LogP contribution in [0.5, 0.6) is 0 Å². The Morgan fingerprint density at radius 1 is 1.21 bits per heavy atom. The summed E-state index contributed by atoms with van der Waals surface area (Å²) in [6, 6.07) is 10.5. The molecule has 0 amide bonds. The van der Waals surface area contributed by atoms with E-state index in [9.17, 15) is 0 Å². The third kappa shape index (κ3) is 2.72. The van der Waals surface area contributed by atoms with Crippen LogP contribution in [0.2, 0.25) is 0 Å². The Hall–Kier alpha value is -1.19. The fraction of sp³-hybridized carbons (Fsp3) is 0.438. The molecule has 0 aliphatic heterocycles. The number of aromatic nitrogens is 1. The highest BCUT2D eigenvalue weighted by Crippen LogP contribution is 2.36. The van der Waals surface area contributed by atoms with Gasteiger partial charge in [0.05, 0.1) is 5.69 Å². The number of hydrogen-bond donors (Lipinski definition) is 1. The molecule has 2 aromatic rings. The molecule has 1 heterocycles. The molecule has 0 fully saturated rings. The standard InChI is InChI=1S/C16H22N2S/c1-11(2)14-13(10-17)19-15(18-14)16(3,4)12-8-6-5-7-9-12/h5-9,11H,10,17H2,1-4H3. The van der Waals surface area contributed by atoms with E-state index in [1.807, 2.05) is 6.07 Å². The van der Waals surface area contributed by atoms with Crippen molar-refractivity contribution in [1.29, 1.82) is 0 Å². The second-order valence-corrected chi connectivity index (χ2v) is 6.76. The Morgan fingerprint density at radius 3 is 2.32 bits per heavy atom. The fourth-order valence-corrected chi connectivity index (χ4v) is 3.43. The first-order chi connectivity index (χ1) is 8.96. The first-order valence-electron chi connectivity index (χ1n) is 6.72. The molecule has 0 spiro atoms. The van der Waals surface area contributed by atoms with Crippen molar-refractivity contribution in [2.75, 3.05) is 0 Å². The van der Waals surface area contributed by atoms with Gasteiger partial charge in [0.15, 0.2) is 0 Å². The average molecular weight is 274 g/mol. The van der Waals surface area contributed by atoms with Crippen LogP contribution < -0.4 is 5.73 Å². The average Bonchev–Trinajstić information content (AvgIpc) is 2.84. The number of nitrogens with zero attached hydrogens (tertiary/aromatic N) is 1. The van der Waals surface area contributed by atoms with Gasteiger partial charge in [0, 0.05) is 16.8 Å². The predicted octanol–water partition coefficient (Wildman–Crippen LogP) is 4.05. The molecular formula is C16H22N2S. The topological polar surface area (TPSA) is 38.9 Å². The minimum Gasteiger partial charge on any atom is -0.326 e. The Balaban J connectivity index is 2.47. The highest BCUT2D eigenvalue weighted by Gasteiger charge is 2.28. The molecule has 102 valence electrons. The molecule has 0 bridgehead atoms. The third-order valence-corrected chi connectivity index (χ3v) is 4.91. The zero-order valence-electron chi connectivity index (χ0n) is 12.1. The van der Waals surface area contributed by atoms with Gasteiger partial charge in [0.2, 0.25) is 0 Å². The van der Waals surface area contributed by atoms with Gasteiger partial charge in [-0.15, -0.1) is 11.3 Å². The molecule has 2 N–H and O–H groups in total. The molecule has 0 atom stereocenters. The molecule has 0 radical (unpaired) electrons. The maximum atomic E-state index is 5.85. The van der Waals surface area contributed by atoms with E-state index in [0.717, 1.165) is 10.7 Å². The summed E-state index contributed by atoms with van der Waals surface area (Å²) in [4.78, 5) is 6.08. The molecule has 2 rings (SSSR count). The van der Waals surface area contributed by atoms with Gasteiger partial charge in [0.1, 0.15) is 5.01 Å². The summed E-state index contributed by atoms with van der Waals surface area (Å²) >= 11 is 1.75. The SMILES string of the molecule is CC(C)c1nc(C(C)(C)c2ccccc2)sc1CN. The van der Waals surface area contributed by atoms with Crippen molar-refractivity contribution in [1.82, 2.24) is 4.98 Å². The summed E-state index contributed by atoms with van der Waals surface area (Å²) in [5.41, 5.74) is 8.24. The lowest BCUT2D eigenvalue weighted by Crippen LogP contribution is -2.18. The van der Waals surface area contributed by atoms with E-state index in [1.165, 1.54) is 10.4 Å². The Bertz CT molecular complexity index is 541. The predicted molar refractivity (Wildman–Crippen MR) is 82.7 cm³/mol. The summed E-state index contributed by atoms with van der Waals surface area (Å²) in [5, 5.41) is 1.16. The Labute approximate surface area is 119 Å². The first kappa shape index (κ1) is 14.2. The smallest absolute Gasteiger partial charge is 0.103 e. The van der Waals surface area contributed by atoms with Gasteiger partial charge in [-0.05, 0) is 25.3 Å². The highest BCUT2D eigenvalue weighted by molar-refractivity contribution is 7.12. The number of thiazole rings is 1. The van der Waals surface area contributed by atoms with E-state index in [0.29, 0.717) is 12.5 Å². The van der Waals surface area contributed by atoms with Gasteiger partial charge in [-0.2, -0.15) is 0 Å². The summed E-state index contributed by atoms with van der Waals surface area (Å²) in [7, 11) is 0. The summed E-state index contributed by atoms with van der Waals surface area (Å²) in [6.45, 7) is 9.38. The maximum Gasteiger partial charge on any atom is 0.103 e. The van der Waals surface area contributed by atoms with Crippen molar-refractivity contribution < 1.29 is 0 Å². The van der Waals surface area contributed by atoms with Crippen LogP contribution in [0.3, 0.4) is 0 Å². The van der Waals surface area contributed by atoms with Crippen molar-refractivity contribution in [2.45, 2.75) is 45.6 Å². The van der Waals surface area contributed by atoms with Crippen molar-refractivity contribution in [3.05, 3.63) is 51.5 Å². The van der Waals surface area contributed by atoms with Crippen molar-refractivity contribution in [3.63, 3.8) is 0 Å². The molecule has 0 saturated heterocycles. The minimum atomic E-state index is -0.0665. The molecule has 2 nitrogen and oxygen atoms in total. The molecule has 0 aliphatic carbocycles. The zero-order valence-corrected chi connectivity index (χ0v) is 12.9. The van der Waals surface area contributed by atoms with Gasteiger partial charge in [-0.3, -0.25) is 0 Å². The Kier molecular flexibility index (Phi) is 4.07. The van der Waals surface area contributed by atoms with Gasteiger partial charge >= 0.3 is 0 Å². The molecular weight excluding hydrogens is 252 g/mol. The number of rotatable bonds is 4. The zero-order chi connectivity index (χ0) is 14.0. The van der Waals surface area contributed by atoms with Gasteiger partial charge in [0.25, 0.3) is 0 Å². The second-order valence-electron chi connectivity index (χ2n) is 5.68. The highest BCUT2D eigenvalue weighted by atomic mass is 32.1. The lowest BCUT2D eigenvalue weighted by atomic mass is 9.85. The molecule has 3 heteroatoms. The van der Waals surface area contributed by atoms with Crippen LogP contribution in [0.15, 0.2) is 30.3 Å². The van der Waals surface area contributed by atoms with Gasteiger partial charge in [-0.25, -0.2) is 4.98 Å². The van der Waals surface area contributed by atoms with E-state index in [2.05, 4.69) is 52.0 Å².